The molecule has 1 aliphatic carbocycles. The van der Waals surface area contributed by atoms with E-state index in [1.165, 1.54) is 75.5 Å². The number of anilines is 3. The zero-order chi connectivity index (χ0) is 29.6. The van der Waals surface area contributed by atoms with Crippen LogP contribution in [0.1, 0.15) is 43.6 Å². The van der Waals surface area contributed by atoms with Gasteiger partial charge in [0.15, 0.2) is 8.07 Å². The van der Waals surface area contributed by atoms with Crippen LogP contribution in [0.2, 0.25) is 0 Å². The molecule has 6 aromatic carbocycles. The Bertz CT molecular complexity index is 1650. The summed E-state index contributed by atoms with van der Waals surface area (Å²) in [6.45, 7) is 0. The Labute approximate surface area is 263 Å². The smallest absolute Gasteiger partial charge is 0.179 e. The molecule has 44 heavy (non-hydrogen) atoms. The molecular formula is C42H39NSi. The third-order valence-electron chi connectivity index (χ3n) is 9.42. The lowest BCUT2D eigenvalue weighted by Crippen LogP contribution is -2.74. The molecule has 0 radical (unpaired) electrons. The summed E-state index contributed by atoms with van der Waals surface area (Å²) >= 11 is 0. The maximum absolute atomic E-state index is 2.56. The summed E-state index contributed by atoms with van der Waals surface area (Å²) in [6.07, 6.45) is 6.73. The fourth-order valence-electron chi connectivity index (χ4n) is 7.28. The minimum absolute atomic E-state index is 0.703. The lowest BCUT2D eigenvalue weighted by molar-refractivity contribution is 0.443. The predicted octanol–water partition coefficient (Wildman–Crippen LogP) is 8.58. The molecule has 1 nitrogen and oxygen atoms in total. The van der Waals surface area contributed by atoms with Crippen LogP contribution in [0.3, 0.4) is 0 Å². The average Bonchev–Trinajstić information content (AvgIpc) is 3.12. The largest absolute Gasteiger partial charge is 0.311 e. The first-order chi connectivity index (χ1) is 21.8. The lowest BCUT2D eigenvalue weighted by atomic mass is 9.84. The summed E-state index contributed by atoms with van der Waals surface area (Å²) in [5.41, 5.74) is 5.02. The summed E-state index contributed by atoms with van der Waals surface area (Å²) in [6, 6.07) is 63.0. The number of para-hydroxylation sites is 1. The molecule has 0 N–H and O–H groups in total. The summed E-state index contributed by atoms with van der Waals surface area (Å²) < 4.78 is 0. The van der Waals surface area contributed by atoms with E-state index in [4.69, 9.17) is 0 Å². The molecule has 1 aliphatic rings. The van der Waals surface area contributed by atoms with Crippen LogP contribution in [-0.2, 0) is 0 Å². The first kappa shape index (κ1) is 28.1. The highest BCUT2D eigenvalue weighted by Gasteiger charge is 2.41. The van der Waals surface area contributed by atoms with Gasteiger partial charge in [-0.25, -0.2) is 0 Å². The summed E-state index contributed by atoms with van der Waals surface area (Å²) in [4.78, 5) is 2.39. The van der Waals surface area contributed by atoms with E-state index in [2.05, 4.69) is 175 Å². The second kappa shape index (κ2) is 12.9. The molecule has 0 saturated heterocycles. The molecule has 1 saturated carbocycles. The van der Waals surface area contributed by atoms with E-state index >= 15 is 0 Å². The van der Waals surface area contributed by atoms with Crippen LogP contribution in [-0.4, -0.2) is 8.07 Å². The van der Waals surface area contributed by atoms with Crippen LogP contribution < -0.4 is 25.6 Å². The molecule has 0 unspecified atom stereocenters. The van der Waals surface area contributed by atoms with E-state index in [1.807, 2.05) is 0 Å². The average molecular weight is 586 g/mol. The van der Waals surface area contributed by atoms with Crippen molar-refractivity contribution in [1.29, 1.82) is 0 Å². The normalized spacial score (nSPS) is 13.8. The maximum atomic E-state index is 2.39. The van der Waals surface area contributed by atoms with Gasteiger partial charge in [-0.3, -0.25) is 0 Å². The molecule has 2 heteroatoms. The summed E-state index contributed by atoms with van der Waals surface area (Å²) in [7, 11) is -2.56. The van der Waals surface area contributed by atoms with Gasteiger partial charge in [-0.2, -0.15) is 0 Å². The second-order valence-electron chi connectivity index (χ2n) is 12.0. The van der Waals surface area contributed by atoms with E-state index in [-0.39, 0.29) is 0 Å². The fraction of sp³-hybridized carbons (Fsp3) is 0.143. The second-order valence-corrected chi connectivity index (χ2v) is 15.8. The van der Waals surface area contributed by atoms with Gasteiger partial charge in [-0.05, 0) is 81.5 Å². The Balaban J connectivity index is 1.35. The van der Waals surface area contributed by atoms with Gasteiger partial charge in [-0.1, -0.05) is 153 Å². The van der Waals surface area contributed by atoms with Crippen LogP contribution in [0, 0.1) is 0 Å². The zero-order valence-electron chi connectivity index (χ0n) is 25.2. The highest BCUT2D eigenvalue weighted by molar-refractivity contribution is 7.19. The Morgan fingerprint density at radius 1 is 0.364 bits per heavy atom. The zero-order valence-corrected chi connectivity index (χ0v) is 26.2. The van der Waals surface area contributed by atoms with Crippen molar-refractivity contribution < 1.29 is 0 Å². The van der Waals surface area contributed by atoms with Crippen molar-refractivity contribution in [2.24, 2.45) is 0 Å². The molecule has 0 aliphatic heterocycles. The highest BCUT2D eigenvalue weighted by atomic mass is 28.3. The van der Waals surface area contributed by atoms with Crippen molar-refractivity contribution in [2.45, 2.75) is 38.0 Å². The quantitative estimate of drug-likeness (QED) is 0.128. The first-order valence-corrected chi connectivity index (χ1v) is 18.1. The number of benzene rings is 6. The Kier molecular flexibility index (Phi) is 8.25. The molecule has 216 valence electrons. The van der Waals surface area contributed by atoms with Gasteiger partial charge in [0.1, 0.15) is 0 Å². The summed E-state index contributed by atoms with van der Waals surface area (Å²) in [5, 5.41) is 5.56. The molecule has 0 aromatic heterocycles. The predicted molar refractivity (Wildman–Crippen MR) is 191 cm³/mol. The fourth-order valence-corrected chi connectivity index (χ4v) is 12.0. The van der Waals surface area contributed by atoms with E-state index in [9.17, 15) is 0 Å². The molecule has 0 spiro atoms. The van der Waals surface area contributed by atoms with Crippen molar-refractivity contribution in [1.82, 2.24) is 0 Å². The maximum Gasteiger partial charge on any atom is 0.179 e. The van der Waals surface area contributed by atoms with Gasteiger partial charge < -0.3 is 4.90 Å². The monoisotopic (exact) mass is 585 g/mol. The van der Waals surface area contributed by atoms with Crippen LogP contribution >= 0.6 is 0 Å². The van der Waals surface area contributed by atoms with Crippen molar-refractivity contribution >= 4 is 45.9 Å². The minimum Gasteiger partial charge on any atom is -0.311 e. The van der Waals surface area contributed by atoms with E-state index in [0.29, 0.717) is 5.92 Å². The van der Waals surface area contributed by atoms with Crippen LogP contribution in [0.25, 0.3) is 0 Å². The molecular weight excluding hydrogens is 547 g/mol. The topological polar surface area (TPSA) is 3.24 Å². The summed E-state index contributed by atoms with van der Waals surface area (Å²) in [5.74, 6) is 0.703. The first-order valence-electron chi connectivity index (χ1n) is 16.1. The molecule has 6 aromatic rings. The number of nitrogens with zero attached hydrogens (tertiary/aromatic N) is 1. The third kappa shape index (κ3) is 5.42. The molecule has 0 amide bonds. The van der Waals surface area contributed by atoms with Gasteiger partial charge >= 0.3 is 0 Å². The van der Waals surface area contributed by atoms with Crippen molar-refractivity contribution in [3.05, 3.63) is 175 Å². The van der Waals surface area contributed by atoms with Gasteiger partial charge in [0.25, 0.3) is 0 Å². The van der Waals surface area contributed by atoms with Crippen LogP contribution in [0.15, 0.2) is 170 Å². The van der Waals surface area contributed by atoms with Crippen molar-refractivity contribution in [3.63, 3.8) is 0 Å². The molecule has 7 rings (SSSR count). The molecule has 0 bridgehead atoms. The van der Waals surface area contributed by atoms with Crippen LogP contribution in [0.4, 0.5) is 17.1 Å². The number of hydrogen-bond acceptors (Lipinski definition) is 1. The van der Waals surface area contributed by atoms with E-state index < -0.39 is 8.07 Å². The SMILES string of the molecule is c1ccc(N(c2ccc(C3CCCCC3)cc2)c2ccc([Si](c3ccccc3)(c3ccccc3)c3ccccc3)cc2)cc1. The Morgan fingerprint density at radius 3 is 1.18 bits per heavy atom. The molecule has 0 heterocycles. The van der Waals surface area contributed by atoms with Gasteiger partial charge in [-0.15, -0.1) is 0 Å². The standard InChI is InChI=1S/C42H39NSi/c1-6-16-34(17-7-1)35-26-28-37(29-27-35)43(36-18-8-2-9-19-36)38-30-32-42(33-31-38)44(39-20-10-3-11-21-39,40-22-12-4-13-23-40)41-24-14-5-15-25-41/h2-5,8-15,18-34H,1,6-7,16-17H2. The Morgan fingerprint density at radius 2 is 0.727 bits per heavy atom. The van der Waals surface area contributed by atoms with E-state index in [1.54, 1.807) is 0 Å². The molecule has 0 atom stereocenters. The van der Waals surface area contributed by atoms with Crippen LogP contribution in [0.5, 0.6) is 0 Å². The van der Waals surface area contributed by atoms with Gasteiger partial charge in [0.05, 0.1) is 0 Å². The van der Waals surface area contributed by atoms with Gasteiger partial charge in [0.2, 0.25) is 0 Å². The minimum atomic E-state index is -2.56. The lowest BCUT2D eigenvalue weighted by Gasteiger charge is -2.35. The Hall–Kier alpha value is -4.66. The number of rotatable bonds is 8. The van der Waals surface area contributed by atoms with E-state index in [0.717, 1.165) is 0 Å². The van der Waals surface area contributed by atoms with Crippen molar-refractivity contribution in [2.75, 3.05) is 4.90 Å². The van der Waals surface area contributed by atoms with Crippen molar-refractivity contribution in [3.8, 4) is 0 Å². The third-order valence-corrected chi connectivity index (χ3v) is 14.2. The molecule has 1 fully saturated rings. The highest BCUT2D eigenvalue weighted by Crippen LogP contribution is 2.37. The van der Waals surface area contributed by atoms with Gasteiger partial charge in [0, 0.05) is 17.1 Å². The number of hydrogen-bond donors (Lipinski definition) is 0.